The summed E-state index contributed by atoms with van der Waals surface area (Å²) in [4.78, 5) is 21.6. The lowest BCUT2D eigenvalue weighted by molar-refractivity contribution is -0.121. The van der Waals surface area contributed by atoms with Crippen molar-refractivity contribution in [1.82, 2.24) is 9.97 Å². The third kappa shape index (κ3) is 3.31. The quantitative estimate of drug-likeness (QED) is 0.782. The fourth-order valence-electron chi connectivity index (χ4n) is 1.91. The maximum absolute atomic E-state index is 11.4. The van der Waals surface area contributed by atoms with E-state index in [0.29, 0.717) is 29.9 Å². The Hall–Kier alpha value is -1.44. The van der Waals surface area contributed by atoms with Gasteiger partial charge in [-0.15, -0.1) is 0 Å². The summed E-state index contributed by atoms with van der Waals surface area (Å²) < 4.78 is 10.2. The van der Waals surface area contributed by atoms with Crippen LogP contribution in [0.1, 0.15) is 5.82 Å². The summed E-state index contributed by atoms with van der Waals surface area (Å²) in [6.07, 6.45) is 0. The van der Waals surface area contributed by atoms with Crippen molar-refractivity contribution in [3.63, 3.8) is 0 Å². The Labute approximate surface area is 115 Å². The van der Waals surface area contributed by atoms with Crippen molar-refractivity contribution >= 4 is 23.3 Å². The van der Waals surface area contributed by atoms with Gasteiger partial charge in [0.15, 0.2) is 5.82 Å². The first-order valence-electron chi connectivity index (χ1n) is 5.78. The van der Waals surface area contributed by atoms with Gasteiger partial charge in [0.25, 0.3) is 0 Å². The molecule has 2 rings (SSSR count). The molecule has 1 fully saturated rings. The lowest BCUT2D eigenvalue weighted by Crippen LogP contribution is -2.53. The number of hydrogen-bond donors (Lipinski definition) is 1. The van der Waals surface area contributed by atoms with Crippen LogP contribution in [0.5, 0.6) is 0 Å². The van der Waals surface area contributed by atoms with E-state index in [4.69, 9.17) is 26.8 Å². The van der Waals surface area contributed by atoms with Crippen molar-refractivity contribution in [3.05, 3.63) is 17.0 Å². The van der Waals surface area contributed by atoms with Crippen LogP contribution >= 0.6 is 11.6 Å². The number of halogens is 1. The molecule has 0 radical (unpaired) electrons. The molecule has 0 aromatic carbocycles. The highest BCUT2D eigenvalue weighted by Crippen LogP contribution is 2.20. The van der Waals surface area contributed by atoms with E-state index in [9.17, 15) is 4.79 Å². The highest BCUT2D eigenvalue weighted by atomic mass is 35.5. The fraction of sp³-hybridized carbons (Fsp3) is 0.545. The minimum absolute atomic E-state index is 0.247. The predicted octanol–water partition coefficient (Wildman–Crippen LogP) is -0.0331. The van der Waals surface area contributed by atoms with Crippen molar-refractivity contribution in [2.24, 2.45) is 5.73 Å². The molecule has 0 spiro atoms. The van der Waals surface area contributed by atoms with E-state index in [1.807, 2.05) is 0 Å². The van der Waals surface area contributed by atoms with Crippen LogP contribution in [0.15, 0.2) is 6.07 Å². The van der Waals surface area contributed by atoms with Gasteiger partial charge in [0.05, 0.1) is 13.2 Å². The van der Waals surface area contributed by atoms with Crippen LogP contribution in [0.3, 0.4) is 0 Å². The maximum atomic E-state index is 11.4. The number of carbonyl (C=O) groups excluding carboxylic acids is 1. The van der Waals surface area contributed by atoms with Crippen LogP contribution in [-0.4, -0.2) is 48.8 Å². The number of amides is 1. The Balaban J connectivity index is 2.30. The first-order chi connectivity index (χ1) is 9.11. The number of methoxy groups -OCH3 is 1. The first kappa shape index (κ1) is 14.0. The minimum atomic E-state index is -0.546. The van der Waals surface area contributed by atoms with Gasteiger partial charge in [-0.1, -0.05) is 11.6 Å². The highest BCUT2D eigenvalue weighted by Gasteiger charge is 2.29. The van der Waals surface area contributed by atoms with E-state index in [-0.39, 0.29) is 13.2 Å². The lowest BCUT2D eigenvalue weighted by atomic mass is 10.2. The molecule has 7 nitrogen and oxygen atoms in total. The SMILES string of the molecule is COCc1nc(Cl)cc(N2CCOCC2C(N)=O)n1. The smallest absolute Gasteiger partial charge is 0.242 e. The zero-order chi connectivity index (χ0) is 13.8. The van der Waals surface area contributed by atoms with Gasteiger partial charge in [0.2, 0.25) is 5.91 Å². The molecule has 2 heterocycles. The molecule has 1 aromatic heterocycles. The van der Waals surface area contributed by atoms with Crippen molar-refractivity contribution in [1.29, 1.82) is 0 Å². The predicted molar refractivity (Wildman–Crippen MR) is 68.9 cm³/mol. The molecule has 1 amide bonds. The Morgan fingerprint density at radius 3 is 3.16 bits per heavy atom. The topological polar surface area (TPSA) is 90.6 Å². The van der Waals surface area contributed by atoms with E-state index in [2.05, 4.69) is 9.97 Å². The lowest BCUT2D eigenvalue weighted by Gasteiger charge is -2.34. The van der Waals surface area contributed by atoms with Gasteiger partial charge in [-0.25, -0.2) is 9.97 Å². The second-order valence-electron chi connectivity index (χ2n) is 4.08. The van der Waals surface area contributed by atoms with Gasteiger partial charge < -0.3 is 20.1 Å². The zero-order valence-electron chi connectivity index (χ0n) is 10.5. The third-order valence-corrected chi connectivity index (χ3v) is 2.95. The molecule has 1 aliphatic heterocycles. The maximum Gasteiger partial charge on any atom is 0.242 e. The zero-order valence-corrected chi connectivity index (χ0v) is 11.3. The number of carbonyl (C=O) groups is 1. The van der Waals surface area contributed by atoms with Crippen molar-refractivity contribution in [2.45, 2.75) is 12.6 Å². The minimum Gasteiger partial charge on any atom is -0.377 e. The average Bonchev–Trinajstić information content (AvgIpc) is 2.38. The van der Waals surface area contributed by atoms with Crippen molar-refractivity contribution in [3.8, 4) is 0 Å². The van der Waals surface area contributed by atoms with Crippen LogP contribution in [0.25, 0.3) is 0 Å². The molecule has 2 N–H and O–H groups in total. The van der Waals surface area contributed by atoms with Crippen LogP contribution in [0, 0.1) is 0 Å². The summed E-state index contributed by atoms with van der Waals surface area (Å²) in [7, 11) is 1.55. The Morgan fingerprint density at radius 2 is 2.47 bits per heavy atom. The molecule has 0 aliphatic carbocycles. The number of rotatable bonds is 4. The van der Waals surface area contributed by atoms with Gasteiger partial charge in [-0.2, -0.15) is 0 Å². The molecule has 1 aliphatic rings. The summed E-state index contributed by atoms with van der Waals surface area (Å²) in [5, 5.41) is 0.298. The molecule has 1 saturated heterocycles. The highest BCUT2D eigenvalue weighted by molar-refractivity contribution is 6.29. The van der Waals surface area contributed by atoms with E-state index in [0.717, 1.165) is 0 Å². The average molecular weight is 287 g/mol. The normalized spacial score (nSPS) is 19.5. The van der Waals surface area contributed by atoms with E-state index >= 15 is 0 Å². The Bertz CT molecular complexity index is 471. The monoisotopic (exact) mass is 286 g/mol. The van der Waals surface area contributed by atoms with Crippen LogP contribution in [0.4, 0.5) is 5.82 Å². The number of primary amides is 1. The molecular weight excluding hydrogens is 272 g/mol. The molecule has 1 aromatic rings. The van der Waals surface area contributed by atoms with Crippen molar-refractivity contribution < 1.29 is 14.3 Å². The first-order valence-corrected chi connectivity index (χ1v) is 6.15. The molecule has 8 heteroatoms. The molecule has 19 heavy (non-hydrogen) atoms. The Morgan fingerprint density at radius 1 is 1.68 bits per heavy atom. The molecule has 0 saturated carbocycles. The van der Waals surface area contributed by atoms with Crippen LogP contribution in [0.2, 0.25) is 5.15 Å². The van der Waals surface area contributed by atoms with Gasteiger partial charge in [-0.3, -0.25) is 4.79 Å². The molecular formula is C11H15ClN4O3. The van der Waals surface area contributed by atoms with E-state index < -0.39 is 11.9 Å². The number of aromatic nitrogens is 2. The number of ether oxygens (including phenoxy) is 2. The van der Waals surface area contributed by atoms with Gasteiger partial charge >= 0.3 is 0 Å². The summed E-state index contributed by atoms with van der Waals surface area (Å²) in [5.74, 6) is 0.557. The second-order valence-corrected chi connectivity index (χ2v) is 4.47. The molecule has 0 bridgehead atoms. The summed E-state index contributed by atoms with van der Waals surface area (Å²) in [5.41, 5.74) is 5.37. The number of anilines is 1. The standard InChI is InChI=1S/C11H15ClN4O3/c1-18-6-9-14-8(12)4-10(15-9)16-2-3-19-5-7(16)11(13)17/h4,7H,2-3,5-6H2,1H3,(H2,13,17). The number of hydrogen-bond acceptors (Lipinski definition) is 6. The largest absolute Gasteiger partial charge is 0.377 e. The summed E-state index contributed by atoms with van der Waals surface area (Å²) >= 11 is 5.95. The van der Waals surface area contributed by atoms with E-state index in [1.54, 1.807) is 18.1 Å². The molecule has 104 valence electrons. The van der Waals surface area contributed by atoms with E-state index in [1.165, 1.54) is 0 Å². The molecule has 1 unspecified atom stereocenters. The van der Waals surface area contributed by atoms with Crippen molar-refractivity contribution in [2.75, 3.05) is 31.8 Å². The number of nitrogens with zero attached hydrogens (tertiary/aromatic N) is 3. The molecule has 1 atom stereocenters. The van der Waals surface area contributed by atoms with Gasteiger partial charge in [-0.05, 0) is 0 Å². The Kier molecular flexibility index (Phi) is 4.52. The third-order valence-electron chi connectivity index (χ3n) is 2.75. The fourth-order valence-corrected chi connectivity index (χ4v) is 2.10. The summed E-state index contributed by atoms with van der Waals surface area (Å²) in [6, 6.07) is 1.05. The summed E-state index contributed by atoms with van der Waals surface area (Å²) in [6.45, 7) is 1.52. The van der Waals surface area contributed by atoms with Crippen LogP contribution in [-0.2, 0) is 20.9 Å². The van der Waals surface area contributed by atoms with Gasteiger partial charge in [0.1, 0.15) is 23.6 Å². The van der Waals surface area contributed by atoms with Crippen LogP contribution < -0.4 is 10.6 Å². The number of nitrogens with two attached hydrogens (primary N) is 1. The van der Waals surface area contributed by atoms with Gasteiger partial charge in [0, 0.05) is 19.7 Å². The number of morpholine rings is 1. The second kappa shape index (κ2) is 6.14.